The van der Waals surface area contributed by atoms with Gasteiger partial charge < -0.3 is 19.5 Å². The molecule has 2 saturated heterocycles. The van der Waals surface area contributed by atoms with Crippen LogP contribution in [-0.2, 0) is 16.0 Å². The van der Waals surface area contributed by atoms with Gasteiger partial charge in [-0.05, 0) is 31.7 Å². The summed E-state index contributed by atoms with van der Waals surface area (Å²) in [6.07, 6.45) is 12.0. The van der Waals surface area contributed by atoms with Crippen molar-refractivity contribution >= 4 is 11.5 Å². The van der Waals surface area contributed by atoms with E-state index < -0.39 is 0 Å². The van der Waals surface area contributed by atoms with Crippen LogP contribution in [0.5, 0.6) is 11.5 Å². The number of hydrogen-bond acceptors (Lipinski definition) is 7. The lowest BCUT2D eigenvalue weighted by molar-refractivity contribution is -0.111. The molecular formula is C24H30N6O3. The molecule has 2 aliphatic heterocycles. The largest absolute Gasteiger partial charge is 0.454 e. The number of rotatable bonds is 8. The SMILES string of the molecule is CC1(Cn2cc(Nc3cc(Oc4cn(C5CC5)nc4C4CCOCC4)ccn3)cn2)COC1. The molecule has 1 N–H and O–H groups in total. The monoisotopic (exact) mass is 450 g/mol. The number of nitrogens with one attached hydrogen (secondary N) is 1. The summed E-state index contributed by atoms with van der Waals surface area (Å²) in [7, 11) is 0. The minimum Gasteiger partial charge on any atom is -0.454 e. The number of aromatic nitrogens is 5. The van der Waals surface area contributed by atoms with E-state index in [0.717, 1.165) is 68.7 Å². The minimum atomic E-state index is 0.169. The number of anilines is 2. The molecule has 0 bridgehead atoms. The van der Waals surface area contributed by atoms with Crippen LogP contribution in [0.2, 0.25) is 0 Å². The smallest absolute Gasteiger partial charge is 0.168 e. The van der Waals surface area contributed by atoms with Crippen molar-refractivity contribution in [3.05, 3.63) is 42.6 Å². The first kappa shape index (κ1) is 20.7. The predicted octanol–water partition coefficient (Wildman–Crippen LogP) is 4.28. The van der Waals surface area contributed by atoms with E-state index in [1.807, 2.05) is 29.2 Å². The molecule has 3 aromatic heterocycles. The first-order valence-corrected chi connectivity index (χ1v) is 11.8. The van der Waals surface area contributed by atoms with Gasteiger partial charge in [0.05, 0.1) is 43.9 Å². The predicted molar refractivity (Wildman–Crippen MR) is 122 cm³/mol. The molecule has 1 saturated carbocycles. The molecule has 0 atom stereocenters. The Balaban J connectivity index is 1.17. The maximum absolute atomic E-state index is 6.35. The average molecular weight is 451 g/mol. The summed E-state index contributed by atoms with van der Waals surface area (Å²) in [5.41, 5.74) is 2.11. The van der Waals surface area contributed by atoms with Crippen LogP contribution < -0.4 is 10.1 Å². The van der Waals surface area contributed by atoms with Crippen LogP contribution in [0.3, 0.4) is 0 Å². The summed E-state index contributed by atoms with van der Waals surface area (Å²) in [6.45, 7) is 6.18. The molecule has 174 valence electrons. The molecule has 0 unspecified atom stereocenters. The van der Waals surface area contributed by atoms with Crippen molar-refractivity contribution in [2.75, 3.05) is 31.7 Å². The highest BCUT2D eigenvalue weighted by Gasteiger charge is 2.34. The zero-order chi connectivity index (χ0) is 22.3. The normalized spacial score (nSPS) is 20.4. The zero-order valence-electron chi connectivity index (χ0n) is 18.9. The second-order valence-electron chi connectivity index (χ2n) is 9.81. The highest BCUT2D eigenvalue weighted by molar-refractivity contribution is 5.55. The molecule has 9 heteroatoms. The molecule has 33 heavy (non-hydrogen) atoms. The van der Waals surface area contributed by atoms with Crippen molar-refractivity contribution in [2.24, 2.45) is 5.41 Å². The van der Waals surface area contributed by atoms with Crippen molar-refractivity contribution < 1.29 is 14.2 Å². The highest BCUT2D eigenvalue weighted by atomic mass is 16.5. The topological polar surface area (TPSA) is 88.3 Å². The molecule has 3 aliphatic rings. The van der Waals surface area contributed by atoms with E-state index in [9.17, 15) is 0 Å². The van der Waals surface area contributed by atoms with Crippen LogP contribution in [-0.4, -0.2) is 51.0 Å². The van der Waals surface area contributed by atoms with Crippen LogP contribution in [0.15, 0.2) is 36.9 Å². The van der Waals surface area contributed by atoms with E-state index in [1.54, 1.807) is 6.20 Å². The first-order chi connectivity index (χ1) is 16.1. The average Bonchev–Trinajstić information content (AvgIpc) is 3.44. The second-order valence-corrected chi connectivity index (χ2v) is 9.81. The Morgan fingerprint density at radius 3 is 2.76 bits per heavy atom. The van der Waals surface area contributed by atoms with Gasteiger partial charge in [-0.15, -0.1) is 0 Å². The Morgan fingerprint density at radius 2 is 2.00 bits per heavy atom. The van der Waals surface area contributed by atoms with E-state index in [2.05, 4.69) is 33.2 Å². The summed E-state index contributed by atoms with van der Waals surface area (Å²) in [5.74, 6) is 2.67. The zero-order valence-corrected chi connectivity index (χ0v) is 18.9. The summed E-state index contributed by atoms with van der Waals surface area (Å²) in [5, 5.41) is 12.7. The lowest BCUT2D eigenvalue weighted by Gasteiger charge is -2.37. The van der Waals surface area contributed by atoms with Gasteiger partial charge in [0.1, 0.15) is 17.3 Å². The highest BCUT2D eigenvalue weighted by Crippen LogP contribution is 2.40. The van der Waals surface area contributed by atoms with Gasteiger partial charge in [0.15, 0.2) is 5.75 Å². The molecule has 0 amide bonds. The molecule has 5 heterocycles. The third-order valence-electron chi connectivity index (χ3n) is 6.56. The Hall–Kier alpha value is -2.91. The van der Waals surface area contributed by atoms with Gasteiger partial charge in [0, 0.05) is 43.0 Å². The molecule has 3 fully saturated rings. The first-order valence-electron chi connectivity index (χ1n) is 11.8. The third kappa shape index (κ3) is 4.60. The lowest BCUT2D eigenvalue weighted by Crippen LogP contribution is -2.43. The van der Waals surface area contributed by atoms with E-state index in [1.165, 1.54) is 12.8 Å². The summed E-state index contributed by atoms with van der Waals surface area (Å²) < 4.78 is 21.3. The second kappa shape index (κ2) is 8.46. The van der Waals surface area contributed by atoms with Gasteiger partial charge >= 0.3 is 0 Å². The maximum Gasteiger partial charge on any atom is 0.168 e. The van der Waals surface area contributed by atoms with Gasteiger partial charge in [-0.25, -0.2) is 4.98 Å². The van der Waals surface area contributed by atoms with Crippen molar-refractivity contribution in [3.8, 4) is 11.5 Å². The fourth-order valence-corrected chi connectivity index (χ4v) is 4.51. The van der Waals surface area contributed by atoms with E-state index in [-0.39, 0.29) is 5.41 Å². The lowest BCUT2D eigenvalue weighted by atomic mass is 9.89. The summed E-state index contributed by atoms with van der Waals surface area (Å²) in [4.78, 5) is 4.46. The molecule has 3 aromatic rings. The molecule has 6 rings (SSSR count). The Morgan fingerprint density at radius 1 is 1.15 bits per heavy atom. The van der Waals surface area contributed by atoms with E-state index in [0.29, 0.717) is 17.8 Å². The van der Waals surface area contributed by atoms with Gasteiger partial charge in [-0.3, -0.25) is 9.36 Å². The van der Waals surface area contributed by atoms with E-state index in [4.69, 9.17) is 19.3 Å². The molecule has 0 aromatic carbocycles. The Labute approximate surface area is 193 Å². The van der Waals surface area contributed by atoms with Crippen molar-refractivity contribution in [2.45, 2.75) is 51.1 Å². The minimum absolute atomic E-state index is 0.169. The van der Waals surface area contributed by atoms with Gasteiger partial charge in [0.2, 0.25) is 0 Å². The molecule has 0 radical (unpaired) electrons. The number of nitrogens with zero attached hydrogens (tertiary/aromatic N) is 5. The van der Waals surface area contributed by atoms with Crippen molar-refractivity contribution in [1.29, 1.82) is 0 Å². The fourth-order valence-electron chi connectivity index (χ4n) is 4.51. The Bertz CT molecular complexity index is 1110. The van der Waals surface area contributed by atoms with Crippen LogP contribution in [0, 0.1) is 5.41 Å². The van der Waals surface area contributed by atoms with Crippen LogP contribution >= 0.6 is 0 Å². The standard InChI is InChI=1S/C24H30N6O3/c1-24(15-32-16-24)14-29-12-18(11-26-29)27-22-10-20(4-7-25-22)33-21-13-30(19-2-3-19)28-23(21)17-5-8-31-9-6-17/h4,7,10-13,17,19H,2-3,5-6,8-9,14-16H2,1H3,(H,25,27). The van der Waals surface area contributed by atoms with Gasteiger partial charge in [-0.1, -0.05) is 6.92 Å². The number of pyridine rings is 1. The van der Waals surface area contributed by atoms with E-state index >= 15 is 0 Å². The van der Waals surface area contributed by atoms with Crippen LogP contribution in [0.25, 0.3) is 0 Å². The quantitative estimate of drug-likeness (QED) is 0.548. The maximum atomic E-state index is 6.35. The van der Waals surface area contributed by atoms with Gasteiger partial charge in [-0.2, -0.15) is 10.2 Å². The van der Waals surface area contributed by atoms with Crippen LogP contribution in [0.1, 0.15) is 50.3 Å². The van der Waals surface area contributed by atoms with Gasteiger partial charge in [0.25, 0.3) is 0 Å². The third-order valence-corrected chi connectivity index (χ3v) is 6.56. The fraction of sp³-hybridized carbons (Fsp3) is 0.542. The summed E-state index contributed by atoms with van der Waals surface area (Å²) in [6, 6.07) is 4.32. The van der Waals surface area contributed by atoms with Crippen LogP contribution in [0.4, 0.5) is 11.5 Å². The number of hydrogen-bond donors (Lipinski definition) is 1. The van der Waals surface area contributed by atoms with Crippen molar-refractivity contribution in [3.63, 3.8) is 0 Å². The van der Waals surface area contributed by atoms with Crippen molar-refractivity contribution in [1.82, 2.24) is 24.5 Å². The summed E-state index contributed by atoms with van der Waals surface area (Å²) >= 11 is 0. The number of ether oxygens (including phenoxy) is 3. The molecule has 1 aliphatic carbocycles. The molecule has 9 nitrogen and oxygen atoms in total. The molecular weight excluding hydrogens is 420 g/mol. The Kier molecular flexibility index (Phi) is 5.30. The molecule has 0 spiro atoms.